The minimum absolute atomic E-state index is 0.0915. The Morgan fingerprint density at radius 3 is 2.55 bits per heavy atom. The Morgan fingerprint density at radius 2 is 1.90 bits per heavy atom. The maximum atomic E-state index is 7.39. The van der Waals surface area contributed by atoms with E-state index >= 15 is 0 Å². The molecule has 1 rings (SSSR count). The van der Waals surface area contributed by atoms with Crippen molar-refractivity contribution in [1.82, 2.24) is 0 Å². The Hall–Kier alpha value is -1.43. The number of rotatable bonds is 10. The van der Waals surface area contributed by atoms with E-state index in [0.717, 1.165) is 23.1 Å². The lowest BCUT2D eigenvalue weighted by molar-refractivity contribution is 0.0483. The molecular formula is C15H24N2O3. The molecule has 0 fully saturated rings. The number of hydrogen-bond acceptors (Lipinski definition) is 4. The Labute approximate surface area is 120 Å². The molecule has 0 radical (unpaired) electrons. The molecule has 0 aromatic heterocycles. The zero-order chi connectivity index (χ0) is 14.8. The lowest BCUT2D eigenvalue weighted by Crippen LogP contribution is -2.11. The molecule has 20 heavy (non-hydrogen) atoms. The molecule has 0 aliphatic carbocycles. The van der Waals surface area contributed by atoms with Crippen LogP contribution in [-0.4, -0.2) is 39.4 Å². The summed E-state index contributed by atoms with van der Waals surface area (Å²) in [5.41, 5.74) is 8.41. The highest BCUT2D eigenvalue weighted by atomic mass is 16.5. The van der Waals surface area contributed by atoms with Gasteiger partial charge in [0.05, 0.1) is 19.8 Å². The van der Waals surface area contributed by atoms with Crippen LogP contribution in [0.25, 0.3) is 0 Å². The van der Waals surface area contributed by atoms with Crippen molar-refractivity contribution in [3.8, 4) is 0 Å². The molecule has 0 heterocycles. The van der Waals surface area contributed by atoms with E-state index in [4.69, 9.17) is 25.4 Å². The first-order valence-electron chi connectivity index (χ1n) is 6.73. The third-order valence-corrected chi connectivity index (χ3v) is 2.92. The van der Waals surface area contributed by atoms with Gasteiger partial charge in [-0.3, -0.25) is 5.41 Å². The summed E-state index contributed by atoms with van der Waals surface area (Å²) >= 11 is 0. The number of nitrogen functional groups attached to an aromatic ring is 1. The van der Waals surface area contributed by atoms with Crippen LogP contribution in [-0.2, 0) is 20.8 Å². The number of aryl methyl sites for hydroxylation is 1. The SMILES string of the molecule is COCCOCCCOCc1ccc(C(=N)N)cc1C. The fourth-order valence-corrected chi connectivity index (χ4v) is 1.71. The van der Waals surface area contributed by atoms with Crippen LogP contribution >= 0.6 is 0 Å². The van der Waals surface area contributed by atoms with Crippen LogP contribution in [0.4, 0.5) is 0 Å². The monoisotopic (exact) mass is 280 g/mol. The van der Waals surface area contributed by atoms with Gasteiger partial charge in [-0.05, 0) is 30.5 Å². The van der Waals surface area contributed by atoms with Crippen LogP contribution in [0.1, 0.15) is 23.1 Å². The van der Waals surface area contributed by atoms with Crippen LogP contribution in [0.5, 0.6) is 0 Å². The maximum Gasteiger partial charge on any atom is 0.122 e. The van der Waals surface area contributed by atoms with Crippen molar-refractivity contribution < 1.29 is 14.2 Å². The van der Waals surface area contributed by atoms with E-state index in [0.29, 0.717) is 33.0 Å². The van der Waals surface area contributed by atoms with Crippen molar-refractivity contribution in [2.24, 2.45) is 5.73 Å². The second-order valence-electron chi connectivity index (χ2n) is 4.57. The average molecular weight is 280 g/mol. The number of amidine groups is 1. The summed E-state index contributed by atoms with van der Waals surface area (Å²) in [6, 6.07) is 5.72. The van der Waals surface area contributed by atoms with Gasteiger partial charge in [0, 0.05) is 25.9 Å². The van der Waals surface area contributed by atoms with Gasteiger partial charge in [-0.2, -0.15) is 0 Å². The summed E-state index contributed by atoms with van der Waals surface area (Å²) < 4.78 is 15.8. The zero-order valence-electron chi connectivity index (χ0n) is 12.3. The summed E-state index contributed by atoms with van der Waals surface area (Å²) in [4.78, 5) is 0. The molecule has 0 aliphatic heterocycles. The van der Waals surface area contributed by atoms with E-state index in [2.05, 4.69) is 0 Å². The molecule has 0 atom stereocenters. The minimum Gasteiger partial charge on any atom is -0.384 e. The topological polar surface area (TPSA) is 77.6 Å². The number of methoxy groups -OCH3 is 1. The second-order valence-corrected chi connectivity index (χ2v) is 4.57. The predicted octanol–water partition coefficient (Wildman–Crippen LogP) is 1.85. The summed E-state index contributed by atoms with van der Waals surface area (Å²) in [5, 5.41) is 7.39. The minimum atomic E-state index is 0.0915. The van der Waals surface area contributed by atoms with Gasteiger partial charge in [-0.1, -0.05) is 12.1 Å². The van der Waals surface area contributed by atoms with Gasteiger partial charge in [-0.15, -0.1) is 0 Å². The van der Waals surface area contributed by atoms with Crippen molar-refractivity contribution in [1.29, 1.82) is 5.41 Å². The third-order valence-electron chi connectivity index (χ3n) is 2.92. The molecule has 0 saturated heterocycles. The van der Waals surface area contributed by atoms with Crippen molar-refractivity contribution in [2.45, 2.75) is 20.0 Å². The highest BCUT2D eigenvalue weighted by Gasteiger charge is 2.02. The Balaban J connectivity index is 2.20. The molecule has 3 N–H and O–H groups in total. The summed E-state index contributed by atoms with van der Waals surface area (Å²) in [7, 11) is 1.66. The molecule has 0 amide bonds. The standard InChI is InChI=1S/C15H24N2O3/c1-12-10-13(15(16)17)4-5-14(12)11-20-7-3-6-19-9-8-18-2/h4-5,10H,3,6-9,11H2,1-2H3,(H3,16,17). The zero-order valence-corrected chi connectivity index (χ0v) is 12.3. The number of hydrogen-bond donors (Lipinski definition) is 2. The lowest BCUT2D eigenvalue weighted by atomic mass is 10.1. The summed E-state index contributed by atoms with van der Waals surface area (Å²) in [5.74, 6) is 0.0915. The van der Waals surface area contributed by atoms with E-state index in [1.807, 2.05) is 25.1 Å². The molecule has 112 valence electrons. The molecule has 5 nitrogen and oxygen atoms in total. The number of nitrogens with one attached hydrogen (secondary N) is 1. The lowest BCUT2D eigenvalue weighted by Gasteiger charge is -2.09. The fraction of sp³-hybridized carbons (Fsp3) is 0.533. The molecule has 0 unspecified atom stereocenters. The molecule has 1 aromatic rings. The Kier molecular flexibility index (Phi) is 7.87. The van der Waals surface area contributed by atoms with Gasteiger partial charge in [0.2, 0.25) is 0 Å². The van der Waals surface area contributed by atoms with E-state index in [1.54, 1.807) is 7.11 Å². The van der Waals surface area contributed by atoms with Gasteiger partial charge in [-0.25, -0.2) is 0 Å². The smallest absolute Gasteiger partial charge is 0.122 e. The van der Waals surface area contributed by atoms with E-state index in [-0.39, 0.29) is 5.84 Å². The molecule has 0 bridgehead atoms. The number of nitrogens with two attached hydrogens (primary N) is 1. The van der Waals surface area contributed by atoms with Gasteiger partial charge in [0.25, 0.3) is 0 Å². The first-order valence-corrected chi connectivity index (χ1v) is 6.73. The average Bonchev–Trinajstić information content (AvgIpc) is 2.43. The molecule has 5 heteroatoms. The highest BCUT2D eigenvalue weighted by molar-refractivity contribution is 5.95. The van der Waals surface area contributed by atoms with E-state index in [9.17, 15) is 0 Å². The van der Waals surface area contributed by atoms with Crippen LogP contribution < -0.4 is 5.73 Å². The van der Waals surface area contributed by atoms with Crippen molar-refractivity contribution in [2.75, 3.05) is 33.5 Å². The van der Waals surface area contributed by atoms with E-state index in [1.165, 1.54) is 0 Å². The Bertz CT molecular complexity index is 422. The highest BCUT2D eigenvalue weighted by Crippen LogP contribution is 2.12. The largest absolute Gasteiger partial charge is 0.384 e. The fourth-order valence-electron chi connectivity index (χ4n) is 1.71. The van der Waals surface area contributed by atoms with Gasteiger partial charge >= 0.3 is 0 Å². The molecule has 0 saturated carbocycles. The first kappa shape index (κ1) is 16.6. The number of benzene rings is 1. The van der Waals surface area contributed by atoms with Crippen LogP contribution in [0.3, 0.4) is 0 Å². The number of ether oxygens (including phenoxy) is 3. The molecule has 0 spiro atoms. The van der Waals surface area contributed by atoms with Crippen LogP contribution in [0.15, 0.2) is 18.2 Å². The van der Waals surface area contributed by atoms with Gasteiger partial charge < -0.3 is 19.9 Å². The van der Waals surface area contributed by atoms with Crippen molar-refractivity contribution in [3.63, 3.8) is 0 Å². The molecule has 0 aliphatic rings. The van der Waals surface area contributed by atoms with Crippen molar-refractivity contribution in [3.05, 3.63) is 34.9 Å². The van der Waals surface area contributed by atoms with Crippen molar-refractivity contribution >= 4 is 5.84 Å². The quantitative estimate of drug-likeness (QED) is 0.389. The van der Waals surface area contributed by atoms with E-state index < -0.39 is 0 Å². The second kappa shape index (κ2) is 9.47. The van der Waals surface area contributed by atoms with Crippen LogP contribution in [0.2, 0.25) is 0 Å². The van der Waals surface area contributed by atoms with Crippen LogP contribution in [0, 0.1) is 12.3 Å². The predicted molar refractivity (Wildman–Crippen MR) is 79.2 cm³/mol. The molecule has 1 aromatic carbocycles. The summed E-state index contributed by atoms with van der Waals surface area (Å²) in [6.45, 7) is 5.18. The maximum absolute atomic E-state index is 7.39. The van der Waals surface area contributed by atoms with Gasteiger partial charge in [0.1, 0.15) is 5.84 Å². The normalized spacial score (nSPS) is 10.7. The summed E-state index contributed by atoms with van der Waals surface area (Å²) in [6.07, 6.45) is 0.869. The first-order chi connectivity index (χ1) is 9.65. The van der Waals surface area contributed by atoms with Gasteiger partial charge in [0.15, 0.2) is 0 Å². The Morgan fingerprint density at radius 1 is 1.15 bits per heavy atom. The molecular weight excluding hydrogens is 256 g/mol. The third kappa shape index (κ3) is 6.14.